The number of thioether (sulfide) groups is 1. The molecule has 0 N–H and O–H groups in total. The first-order valence-electron chi connectivity index (χ1n) is 2.88. The molecule has 0 aromatic heterocycles. The zero-order valence-electron chi connectivity index (χ0n) is 5.48. The first kappa shape index (κ1) is 9.72. The molecule has 4 heteroatoms. The molecule has 1 aromatic carbocycles. The Labute approximate surface area is 88.4 Å². The van der Waals surface area contributed by atoms with Crippen molar-refractivity contribution >= 4 is 50.9 Å². The Bertz CT molecular complexity index is 252. The van der Waals surface area contributed by atoms with Crippen LogP contribution in [0, 0.1) is 0 Å². The normalized spacial score (nSPS) is 10.1. The van der Waals surface area contributed by atoms with Crippen molar-refractivity contribution in [3.05, 3.63) is 28.2 Å². The SMILES string of the molecule is Clc1ccc(SCBr)c(Cl)c1. The molecular formula is C7H5BrCl2S. The summed E-state index contributed by atoms with van der Waals surface area (Å²) in [6, 6.07) is 5.49. The third-order valence-corrected chi connectivity index (χ3v) is 3.23. The third-order valence-electron chi connectivity index (χ3n) is 1.10. The highest BCUT2D eigenvalue weighted by Gasteiger charge is 1.99. The van der Waals surface area contributed by atoms with Crippen LogP contribution >= 0.6 is 50.9 Å². The summed E-state index contributed by atoms with van der Waals surface area (Å²) < 4.78 is 0.842. The van der Waals surface area contributed by atoms with Gasteiger partial charge in [-0.25, -0.2) is 0 Å². The number of benzene rings is 1. The molecule has 1 rings (SSSR count). The van der Waals surface area contributed by atoms with Crippen molar-refractivity contribution in [2.75, 3.05) is 4.66 Å². The molecule has 1 aromatic rings. The Balaban J connectivity index is 2.90. The lowest BCUT2D eigenvalue weighted by molar-refractivity contribution is 1.47. The maximum Gasteiger partial charge on any atom is 0.0556 e. The van der Waals surface area contributed by atoms with Gasteiger partial charge in [-0.15, -0.1) is 11.8 Å². The van der Waals surface area contributed by atoms with E-state index in [9.17, 15) is 0 Å². The van der Waals surface area contributed by atoms with Gasteiger partial charge in [0, 0.05) is 9.92 Å². The molecule has 0 fully saturated rings. The Morgan fingerprint density at radius 3 is 2.64 bits per heavy atom. The number of hydrogen-bond acceptors (Lipinski definition) is 1. The molecule has 0 aliphatic heterocycles. The van der Waals surface area contributed by atoms with E-state index in [1.165, 1.54) is 0 Å². The van der Waals surface area contributed by atoms with Gasteiger partial charge < -0.3 is 0 Å². The van der Waals surface area contributed by atoms with Crippen LogP contribution in [0.5, 0.6) is 0 Å². The van der Waals surface area contributed by atoms with E-state index in [4.69, 9.17) is 23.2 Å². The standard InChI is InChI=1S/C7H5BrCl2S/c8-4-11-7-2-1-5(9)3-6(7)10/h1-3H,4H2. The number of halogens is 3. The summed E-state index contributed by atoms with van der Waals surface area (Å²) in [6.45, 7) is 0. The highest BCUT2D eigenvalue weighted by molar-refractivity contribution is 9.11. The average molecular weight is 272 g/mol. The minimum atomic E-state index is 0.675. The molecule has 0 heterocycles. The second kappa shape index (κ2) is 4.61. The lowest BCUT2D eigenvalue weighted by atomic mass is 10.4. The molecule has 0 aliphatic carbocycles. The van der Waals surface area contributed by atoms with E-state index < -0.39 is 0 Å². The largest absolute Gasteiger partial charge is 0.113 e. The maximum atomic E-state index is 5.88. The summed E-state index contributed by atoms with van der Waals surface area (Å²) >= 11 is 16.5. The van der Waals surface area contributed by atoms with Crippen molar-refractivity contribution in [3.8, 4) is 0 Å². The maximum absolute atomic E-state index is 5.88. The summed E-state index contributed by atoms with van der Waals surface area (Å²) in [5, 5.41) is 1.39. The van der Waals surface area contributed by atoms with Crippen LogP contribution in [0.3, 0.4) is 0 Å². The van der Waals surface area contributed by atoms with Crippen LogP contribution < -0.4 is 0 Å². The first-order chi connectivity index (χ1) is 5.24. The van der Waals surface area contributed by atoms with Gasteiger partial charge in [-0.05, 0) is 18.2 Å². The van der Waals surface area contributed by atoms with E-state index in [1.807, 2.05) is 12.1 Å². The van der Waals surface area contributed by atoms with Crippen LogP contribution in [0.15, 0.2) is 23.1 Å². The highest BCUT2D eigenvalue weighted by atomic mass is 79.9. The summed E-state index contributed by atoms with van der Waals surface area (Å²) in [5.41, 5.74) is 0. The second-order valence-corrected chi connectivity index (χ2v) is 4.99. The van der Waals surface area contributed by atoms with Gasteiger partial charge in [0.25, 0.3) is 0 Å². The zero-order chi connectivity index (χ0) is 8.27. The van der Waals surface area contributed by atoms with E-state index in [2.05, 4.69) is 15.9 Å². The smallest absolute Gasteiger partial charge is 0.0556 e. The highest BCUT2D eigenvalue weighted by Crippen LogP contribution is 2.30. The van der Waals surface area contributed by atoms with Crippen molar-refractivity contribution < 1.29 is 0 Å². The summed E-state index contributed by atoms with van der Waals surface area (Å²) in [6.07, 6.45) is 0. The predicted molar refractivity (Wildman–Crippen MR) is 56.1 cm³/mol. The monoisotopic (exact) mass is 270 g/mol. The number of rotatable bonds is 2. The Hall–Kier alpha value is 0.630. The van der Waals surface area contributed by atoms with Gasteiger partial charge in [-0.2, -0.15) is 0 Å². The molecular weight excluding hydrogens is 267 g/mol. The first-order valence-corrected chi connectivity index (χ1v) is 5.74. The van der Waals surface area contributed by atoms with Gasteiger partial charge in [-0.1, -0.05) is 39.1 Å². The van der Waals surface area contributed by atoms with E-state index in [0.29, 0.717) is 10.0 Å². The molecule has 0 bridgehead atoms. The molecule has 60 valence electrons. The van der Waals surface area contributed by atoms with Crippen molar-refractivity contribution in [2.24, 2.45) is 0 Å². The number of alkyl halides is 1. The molecule has 0 unspecified atom stereocenters. The molecule has 0 aliphatic rings. The summed E-state index contributed by atoms with van der Waals surface area (Å²) in [4.78, 5) is 1.05. The van der Waals surface area contributed by atoms with Crippen LogP contribution in [0.25, 0.3) is 0 Å². The third kappa shape index (κ3) is 2.86. The molecule has 0 atom stereocenters. The van der Waals surface area contributed by atoms with E-state index >= 15 is 0 Å². The molecule has 0 nitrogen and oxygen atoms in total. The molecule has 0 saturated heterocycles. The van der Waals surface area contributed by atoms with Gasteiger partial charge in [0.15, 0.2) is 0 Å². The molecule has 11 heavy (non-hydrogen) atoms. The summed E-state index contributed by atoms with van der Waals surface area (Å²) in [5.74, 6) is 0. The van der Waals surface area contributed by atoms with Crippen LogP contribution in [0.4, 0.5) is 0 Å². The Morgan fingerprint density at radius 1 is 1.36 bits per heavy atom. The topological polar surface area (TPSA) is 0 Å². The van der Waals surface area contributed by atoms with E-state index in [-0.39, 0.29) is 0 Å². The fraction of sp³-hybridized carbons (Fsp3) is 0.143. The van der Waals surface area contributed by atoms with Crippen molar-refractivity contribution in [3.63, 3.8) is 0 Å². The van der Waals surface area contributed by atoms with Gasteiger partial charge in [0.1, 0.15) is 0 Å². The average Bonchev–Trinajstić information content (AvgIpc) is 1.95. The van der Waals surface area contributed by atoms with Crippen molar-refractivity contribution in [1.29, 1.82) is 0 Å². The van der Waals surface area contributed by atoms with Gasteiger partial charge >= 0.3 is 0 Å². The molecule has 0 spiro atoms. The van der Waals surface area contributed by atoms with Crippen LogP contribution in [0.2, 0.25) is 10.0 Å². The van der Waals surface area contributed by atoms with Crippen LogP contribution in [-0.2, 0) is 0 Å². The van der Waals surface area contributed by atoms with Crippen LogP contribution in [0.1, 0.15) is 0 Å². The van der Waals surface area contributed by atoms with E-state index in [0.717, 1.165) is 9.56 Å². The molecule has 0 radical (unpaired) electrons. The predicted octanol–water partition coefficient (Wildman–Crippen LogP) is 4.44. The fourth-order valence-electron chi connectivity index (χ4n) is 0.651. The second-order valence-electron chi connectivity index (χ2n) is 1.83. The minimum Gasteiger partial charge on any atom is -0.113 e. The van der Waals surface area contributed by atoms with Gasteiger partial charge in [0.05, 0.1) is 9.68 Å². The lowest BCUT2D eigenvalue weighted by Gasteiger charge is -2.00. The number of hydrogen-bond donors (Lipinski definition) is 0. The van der Waals surface area contributed by atoms with Gasteiger partial charge in [-0.3, -0.25) is 0 Å². The van der Waals surface area contributed by atoms with Crippen molar-refractivity contribution in [1.82, 2.24) is 0 Å². The molecule has 0 saturated carbocycles. The quantitative estimate of drug-likeness (QED) is 0.566. The zero-order valence-corrected chi connectivity index (χ0v) is 9.40. The van der Waals surface area contributed by atoms with Crippen molar-refractivity contribution in [2.45, 2.75) is 4.90 Å². The molecule has 0 amide bonds. The lowest BCUT2D eigenvalue weighted by Crippen LogP contribution is -1.73. The van der Waals surface area contributed by atoms with Crippen LogP contribution in [-0.4, -0.2) is 4.66 Å². The fourth-order valence-corrected chi connectivity index (χ4v) is 2.44. The van der Waals surface area contributed by atoms with Gasteiger partial charge in [0.2, 0.25) is 0 Å². The Morgan fingerprint density at radius 2 is 2.09 bits per heavy atom. The summed E-state index contributed by atoms with van der Waals surface area (Å²) in [7, 11) is 0. The minimum absolute atomic E-state index is 0.675. The van der Waals surface area contributed by atoms with E-state index in [1.54, 1.807) is 17.8 Å². The Kier molecular flexibility index (Phi) is 4.07.